The van der Waals surface area contributed by atoms with E-state index in [1.807, 2.05) is 31.2 Å². The van der Waals surface area contributed by atoms with Gasteiger partial charge >= 0.3 is 0 Å². The number of hydrogen-bond acceptors (Lipinski definition) is 5. The Morgan fingerprint density at radius 3 is 2.55 bits per heavy atom. The fourth-order valence-corrected chi connectivity index (χ4v) is 1.80. The third-order valence-corrected chi connectivity index (χ3v) is 2.63. The smallest absolute Gasteiger partial charge is 0.218 e. The summed E-state index contributed by atoms with van der Waals surface area (Å²) in [4.78, 5) is 8.31. The first-order valence-corrected chi connectivity index (χ1v) is 6.52. The Bertz CT molecular complexity index is 578. The molecule has 5 nitrogen and oxygen atoms in total. The zero-order valence-corrected chi connectivity index (χ0v) is 12.1. The number of hydrogen-bond donors (Lipinski definition) is 0. The fourth-order valence-electron chi connectivity index (χ4n) is 1.61. The van der Waals surface area contributed by atoms with Gasteiger partial charge in [0.15, 0.2) is 17.3 Å². The van der Waals surface area contributed by atoms with Crippen molar-refractivity contribution in [2.24, 2.45) is 0 Å². The Morgan fingerprint density at radius 1 is 1.10 bits per heavy atom. The molecule has 0 aliphatic heterocycles. The van der Waals surface area contributed by atoms with Crippen LogP contribution in [0.4, 0.5) is 0 Å². The van der Waals surface area contributed by atoms with Gasteiger partial charge in [-0.1, -0.05) is 23.7 Å². The van der Waals surface area contributed by atoms with E-state index in [1.54, 1.807) is 13.2 Å². The van der Waals surface area contributed by atoms with E-state index in [2.05, 4.69) is 9.97 Å². The molecule has 0 radical (unpaired) electrons. The van der Waals surface area contributed by atoms with Crippen molar-refractivity contribution in [2.75, 3.05) is 13.7 Å². The highest BCUT2D eigenvalue weighted by molar-refractivity contribution is 6.29. The van der Waals surface area contributed by atoms with Crippen molar-refractivity contribution in [2.45, 2.75) is 13.5 Å². The summed E-state index contributed by atoms with van der Waals surface area (Å²) in [7, 11) is 1.59. The molecule has 2 aromatic rings. The number of benzene rings is 1. The van der Waals surface area contributed by atoms with Crippen molar-refractivity contribution < 1.29 is 14.2 Å². The maximum atomic E-state index is 5.91. The zero-order valence-electron chi connectivity index (χ0n) is 11.3. The summed E-state index contributed by atoms with van der Waals surface area (Å²) in [6, 6.07) is 8.93. The van der Waals surface area contributed by atoms with Crippen LogP contribution in [0.5, 0.6) is 17.4 Å². The van der Waals surface area contributed by atoms with Gasteiger partial charge in [-0.05, 0) is 19.1 Å². The first-order chi connectivity index (χ1) is 9.72. The van der Waals surface area contributed by atoms with Gasteiger partial charge in [0.25, 0.3) is 0 Å². The van der Waals surface area contributed by atoms with E-state index < -0.39 is 0 Å². The maximum absolute atomic E-state index is 5.91. The second-order valence-corrected chi connectivity index (χ2v) is 4.20. The highest BCUT2D eigenvalue weighted by Crippen LogP contribution is 2.26. The van der Waals surface area contributed by atoms with Crippen molar-refractivity contribution in [3.8, 4) is 17.4 Å². The molecule has 106 valence electrons. The molecule has 0 spiro atoms. The van der Waals surface area contributed by atoms with Crippen molar-refractivity contribution in [3.05, 3.63) is 41.3 Å². The lowest BCUT2D eigenvalue weighted by Crippen LogP contribution is -2.05. The second-order valence-electron chi connectivity index (χ2n) is 3.82. The molecule has 20 heavy (non-hydrogen) atoms. The summed E-state index contributed by atoms with van der Waals surface area (Å²) < 4.78 is 16.1. The van der Waals surface area contributed by atoms with Crippen LogP contribution in [0.3, 0.4) is 0 Å². The van der Waals surface area contributed by atoms with Gasteiger partial charge in [-0.3, -0.25) is 0 Å². The molecular formula is C14H15ClN2O3. The molecule has 0 saturated carbocycles. The molecule has 0 fully saturated rings. The summed E-state index contributed by atoms with van der Waals surface area (Å²) in [5, 5.41) is 0.321. The predicted molar refractivity (Wildman–Crippen MR) is 75.5 cm³/mol. The van der Waals surface area contributed by atoms with E-state index in [4.69, 9.17) is 25.8 Å². The molecule has 1 aromatic carbocycles. The molecule has 0 N–H and O–H groups in total. The molecule has 6 heteroatoms. The molecule has 1 heterocycles. The fraction of sp³-hybridized carbons (Fsp3) is 0.286. The molecule has 0 unspecified atom stereocenters. The zero-order chi connectivity index (χ0) is 14.4. The Labute approximate surface area is 122 Å². The molecule has 0 atom stereocenters. The molecule has 0 amide bonds. The Kier molecular flexibility index (Phi) is 5.01. The SMILES string of the molecule is CCOc1cc(Cl)nc(COc2ccccc2OC)n1. The maximum Gasteiger partial charge on any atom is 0.218 e. The van der Waals surface area contributed by atoms with E-state index in [-0.39, 0.29) is 6.61 Å². The van der Waals surface area contributed by atoms with Crippen LogP contribution in [-0.2, 0) is 6.61 Å². The normalized spacial score (nSPS) is 10.2. The summed E-state index contributed by atoms with van der Waals surface area (Å²) in [6.07, 6.45) is 0. The largest absolute Gasteiger partial charge is 0.493 e. The standard InChI is InChI=1S/C14H15ClN2O3/c1-3-19-14-8-12(15)16-13(17-14)9-20-11-7-5-4-6-10(11)18-2/h4-8H,3,9H2,1-2H3. The van der Waals surface area contributed by atoms with E-state index in [0.29, 0.717) is 35.0 Å². The number of nitrogens with zero attached hydrogens (tertiary/aromatic N) is 2. The van der Waals surface area contributed by atoms with Gasteiger partial charge in [-0.15, -0.1) is 0 Å². The van der Waals surface area contributed by atoms with Gasteiger partial charge in [-0.2, -0.15) is 4.98 Å². The first-order valence-electron chi connectivity index (χ1n) is 6.15. The Balaban J connectivity index is 2.10. The van der Waals surface area contributed by atoms with Crippen molar-refractivity contribution in [3.63, 3.8) is 0 Å². The molecule has 0 aliphatic carbocycles. The topological polar surface area (TPSA) is 53.5 Å². The third kappa shape index (κ3) is 3.74. The first kappa shape index (κ1) is 14.4. The molecule has 0 saturated heterocycles. The van der Waals surface area contributed by atoms with Crippen molar-refractivity contribution >= 4 is 11.6 Å². The number of aromatic nitrogens is 2. The monoisotopic (exact) mass is 294 g/mol. The average Bonchev–Trinajstić information content (AvgIpc) is 2.45. The Hall–Kier alpha value is -2.01. The van der Waals surface area contributed by atoms with E-state index in [0.717, 1.165) is 0 Å². The predicted octanol–water partition coefficient (Wildman–Crippen LogP) is 3.12. The summed E-state index contributed by atoms with van der Waals surface area (Å²) in [6.45, 7) is 2.57. The number of para-hydroxylation sites is 2. The van der Waals surface area contributed by atoms with Gasteiger partial charge in [-0.25, -0.2) is 4.98 Å². The average molecular weight is 295 g/mol. The Morgan fingerprint density at radius 2 is 1.85 bits per heavy atom. The minimum Gasteiger partial charge on any atom is -0.493 e. The quantitative estimate of drug-likeness (QED) is 0.766. The van der Waals surface area contributed by atoms with Crippen LogP contribution < -0.4 is 14.2 Å². The molecule has 0 bridgehead atoms. The highest BCUT2D eigenvalue weighted by Gasteiger charge is 2.07. The van der Waals surface area contributed by atoms with Gasteiger partial charge in [0.2, 0.25) is 5.88 Å². The molecule has 1 aromatic heterocycles. The number of methoxy groups -OCH3 is 1. The minimum atomic E-state index is 0.182. The van der Waals surface area contributed by atoms with Crippen LogP contribution in [0.1, 0.15) is 12.7 Å². The van der Waals surface area contributed by atoms with Crippen molar-refractivity contribution in [1.29, 1.82) is 0 Å². The van der Waals surface area contributed by atoms with Gasteiger partial charge in [0.05, 0.1) is 13.7 Å². The van der Waals surface area contributed by atoms with E-state index in [9.17, 15) is 0 Å². The van der Waals surface area contributed by atoms with Crippen LogP contribution in [0.2, 0.25) is 5.15 Å². The van der Waals surface area contributed by atoms with Crippen molar-refractivity contribution in [1.82, 2.24) is 9.97 Å². The van der Waals surface area contributed by atoms with Gasteiger partial charge in [0.1, 0.15) is 11.8 Å². The lowest BCUT2D eigenvalue weighted by atomic mass is 10.3. The van der Waals surface area contributed by atoms with Crippen LogP contribution in [-0.4, -0.2) is 23.7 Å². The lowest BCUT2D eigenvalue weighted by Gasteiger charge is -2.10. The summed E-state index contributed by atoms with van der Waals surface area (Å²) in [5.74, 6) is 2.16. The van der Waals surface area contributed by atoms with Gasteiger partial charge < -0.3 is 14.2 Å². The van der Waals surface area contributed by atoms with Crippen LogP contribution >= 0.6 is 11.6 Å². The molecular weight excluding hydrogens is 280 g/mol. The minimum absolute atomic E-state index is 0.182. The number of rotatable bonds is 6. The van der Waals surface area contributed by atoms with E-state index in [1.165, 1.54) is 0 Å². The molecule has 0 aliphatic rings. The molecule has 2 rings (SSSR count). The summed E-state index contributed by atoms with van der Waals surface area (Å²) >= 11 is 5.91. The van der Waals surface area contributed by atoms with E-state index >= 15 is 0 Å². The van der Waals surface area contributed by atoms with Crippen LogP contribution in [0.15, 0.2) is 30.3 Å². The van der Waals surface area contributed by atoms with Crippen LogP contribution in [0.25, 0.3) is 0 Å². The van der Waals surface area contributed by atoms with Crippen LogP contribution in [0, 0.1) is 0 Å². The third-order valence-electron chi connectivity index (χ3n) is 2.44. The number of ether oxygens (including phenoxy) is 3. The highest BCUT2D eigenvalue weighted by atomic mass is 35.5. The lowest BCUT2D eigenvalue weighted by molar-refractivity contribution is 0.271. The number of halogens is 1. The second kappa shape index (κ2) is 6.96. The van der Waals surface area contributed by atoms with Gasteiger partial charge in [0, 0.05) is 6.07 Å². The summed E-state index contributed by atoms with van der Waals surface area (Å²) in [5.41, 5.74) is 0.